The number of carbonyl (C=O) groups excluding carboxylic acids is 2. The van der Waals surface area contributed by atoms with Crippen LogP contribution in [0.25, 0.3) is 5.70 Å². The van der Waals surface area contributed by atoms with Crippen LogP contribution >= 0.6 is 0 Å². The number of amides is 1. The third kappa shape index (κ3) is 3.69. The molecule has 0 saturated heterocycles. The molecule has 0 unspecified atom stereocenters. The Labute approximate surface area is 106 Å². The first-order valence-corrected chi connectivity index (χ1v) is 5.69. The summed E-state index contributed by atoms with van der Waals surface area (Å²) in [6, 6.07) is 5.18. The number of ether oxygens (including phenoxy) is 1. The number of nitrogens with one attached hydrogen (secondary N) is 1. The van der Waals surface area contributed by atoms with Gasteiger partial charge in [0.25, 0.3) is 6.29 Å². The third-order valence-corrected chi connectivity index (χ3v) is 2.12. The average Bonchev–Trinajstić information content (AvgIpc) is 2.43. The number of hydrogen-bond donors (Lipinski definition) is 1. The molecule has 95 valence electrons. The van der Waals surface area contributed by atoms with Crippen LogP contribution in [0.4, 0.5) is 0 Å². The predicted octanol–water partition coefficient (Wildman–Crippen LogP) is 1.42. The Morgan fingerprint density at radius 3 is 2.72 bits per heavy atom. The predicted molar refractivity (Wildman–Crippen MR) is 66.9 cm³/mol. The van der Waals surface area contributed by atoms with Crippen molar-refractivity contribution in [3.63, 3.8) is 0 Å². The van der Waals surface area contributed by atoms with Gasteiger partial charge in [0.1, 0.15) is 5.70 Å². The molecule has 1 radical (unpaired) electrons. The van der Waals surface area contributed by atoms with E-state index in [1.165, 1.54) is 0 Å². The second kappa shape index (κ2) is 7.21. The molecule has 0 aliphatic heterocycles. The number of hydrogen-bond acceptors (Lipinski definition) is 4. The molecular formula is C13H15N2O3. The Morgan fingerprint density at radius 1 is 1.44 bits per heavy atom. The smallest absolute Gasteiger partial charge is 0.273 e. The first kappa shape index (κ1) is 13.9. The molecule has 5 heteroatoms. The van der Waals surface area contributed by atoms with E-state index in [1.54, 1.807) is 44.5 Å². The fourth-order valence-corrected chi connectivity index (χ4v) is 1.27. The second-order valence-electron chi connectivity index (χ2n) is 3.36. The minimum absolute atomic E-state index is 0.0435. The minimum Gasteiger partial charge on any atom is -0.488 e. The molecule has 1 aromatic rings. The molecule has 0 bridgehead atoms. The van der Waals surface area contributed by atoms with Gasteiger partial charge >= 0.3 is 0 Å². The lowest BCUT2D eigenvalue weighted by molar-refractivity contribution is -0.119. The molecule has 0 fully saturated rings. The number of allylic oxidation sites excluding steroid dienone is 1. The van der Waals surface area contributed by atoms with Gasteiger partial charge in [-0.25, -0.2) is 0 Å². The highest BCUT2D eigenvalue weighted by Gasteiger charge is 2.14. The van der Waals surface area contributed by atoms with E-state index in [9.17, 15) is 9.59 Å². The SMILES string of the molecule is CCO/C([C]=O)=C(\NC(=O)CC)c1ccccn1. The van der Waals surface area contributed by atoms with Crippen molar-refractivity contribution in [1.29, 1.82) is 0 Å². The van der Waals surface area contributed by atoms with Gasteiger partial charge in [-0.05, 0) is 19.1 Å². The summed E-state index contributed by atoms with van der Waals surface area (Å²) in [5.41, 5.74) is 0.713. The quantitative estimate of drug-likeness (QED) is 0.609. The Morgan fingerprint density at radius 2 is 2.22 bits per heavy atom. The van der Waals surface area contributed by atoms with Crippen LogP contribution in [0.15, 0.2) is 30.2 Å². The van der Waals surface area contributed by atoms with Gasteiger partial charge in [0.15, 0.2) is 5.76 Å². The maximum Gasteiger partial charge on any atom is 0.273 e. The van der Waals surface area contributed by atoms with Crippen molar-refractivity contribution >= 4 is 17.9 Å². The molecule has 1 aromatic heterocycles. The molecule has 1 rings (SSSR count). The monoisotopic (exact) mass is 247 g/mol. The van der Waals surface area contributed by atoms with Crippen molar-refractivity contribution in [3.8, 4) is 0 Å². The van der Waals surface area contributed by atoms with E-state index in [2.05, 4.69) is 10.3 Å². The van der Waals surface area contributed by atoms with Crippen LogP contribution < -0.4 is 5.32 Å². The number of aromatic nitrogens is 1. The fraction of sp³-hybridized carbons (Fsp3) is 0.308. The number of rotatable bonds is 6. The lowest BCUT2D eigenvalue weighted by atomic mass is 10.2. The zero-order valence-corrected chi connectivity index (χ0v) is 10.4. The molecule has 1 N–H and O–H groups in total. The summed E-state index contributed by atoms with van der Waals surface area (Å²) in [5.74, 6) is -0.263. The molecule has 1 heterocycles. The van der Waals surface area contributed by atoms with Gasteiger partial charge in [0, 0.05) is 12.6 Å². The molecule has 1 amide bonds. The van der Waals surface area contributed by atoms with Crippen LogP contribution in [0.2, 0.25) is 0 Å². The van der Waals surface area contributed by atoms with Crippen molar-refractivity contribution in [2.75, 3.05) is 6.61 Å². The van der Waals surface area contributed by atoms with Crippen molar-refractivity contribution in [2.45, 2.75) is 20.3 Å². The molecule has 18 heavy (non-hydrogen) atoms. The summed E-state index contributed by atoms with van der Waals surface area (Å²) in [6.07, 6.45) is 3.56. The van der Waals surface area contributed by atoms with Gasteiger partial charge in [-0.3, -0.25) is 14.6 Å². The van der Waals surface area contributed by atoms with Crippen LogP contribution in [-0.2, 0) is 14.3 Å². The molecule has 0 aliphatic carbocycles. The molecule has 0 aromatic carbocycles. The Balaban J connectivity index is 3.16. The molecule has 0 spiro atoms. The minimum atomic E-state index is -0.219. The van der Waals surface area contributed by atoms with Gasteiger partial charge in [-0.1, -0.05) is 13.0 Å². The number of nitrogens with zero attached hydrogens (tertiary/aromatic N) is 1. The summed E-state index contributed by atoms with van der Waals surface area (Å²) in [5, 5.41) is 2.61. The molecular weight excluding hydrogens is 232 g/mol. The van der Waals surface area contributed by atoms with E-state index in [1.807, 2.05) is 0 Å². The van der Waals surface area contributed by atoms with E-state index in [0.717, 1.165) is 0 Å². The molecule has 5 nitrogen and oxygen atoms in total. The highest BCUT2D eigenvalue weighted by Crippen LogP contribution is 2.13. The van der Waals surface area contributed by atoms with Gasteiger partial charge in [0.2, 0.25) is 5.91 Å². The largest absolute Gasteiger partial charge is 0.488 e. The summed E-state index contributed by atoms with van der Waals surface area (Å²) in [4.78, 5) is 26.4. The zero-order chi connectivity index (χ0) is 13.4. The lowest BCUT2D eigenvalue weighted by Gasteiger charge is -2.11. The third-order valence-electron chi connectivity index (χ3n) is 2.12. The van der Waals surface area contributed by atoms with Crippen molar-refractivity contribution < 1.29 is 14.3 Å². The summed E-state index contributed by atoms with van der Waals surface area (Å²) in [6.45, 7) is 3.77. The average molecular weight is 247 g/mol. The lowest BCUT2D eigenvalue weighted by Crippen LogP contribution is -2.23. The van der Waals surface area contributed by atoms with Crippen LogP contribution in [0, 0.1) is 0 Å². The van der Waals surface area contributed by atoms with Crippen LogP contribution in [0.3, 0.4) is 0 Å². The van der Waals surface area contributed by atoms with Crippen LogP contribution in [0.1, 0.15) is 26.0 Å². The summed E-state index contributed by atoms with van der Waals surface area (Å²) in [7, 11) is 0. The van der Waals surface area contributed by atoms with E-state index < -0.39 is 0 Å². The van der Waals surface area contributed by atoms with Crippen molar-refractivity contribution in [3.05, 3.63) is 35.8 Å². The van der Waals surface area contributed by atoms with Gasteiger partial charge in [-0.2, -0.15) is 0 Å². The van der Waals surface area contributed by atoms with Crippen molar-refractivity contribution in [1.82, 2.24) is 10.3 Å². The maximum absolute atomic E-state index is 11.5. The molecule has 0 aliphatic rings. The first-order chi connectivity index (χ1) is 8.72. The standard InChI is InChI=1S/C13H15N2O3/c1-3-12(17)15-13(11(9-16)18-4-2)10-7-5-6-8-14-10/h5-8H,3-4H2,1-2H3,(H,15,17)/b13-11-. The van der Waals surface area contributed by atoms with Crippen LogP contribution in [0.5, 0.6) is 0 Å². The Bertz CT molecular complexity index is 441. The first-order valence-electron chi connectivity index (χ1n) is 5.69. The van der Waals surface area contributed by atoms with Gasteiger partial charge in [-0.15, -0.1) is 0 Å². The maximum atomic E-state index is 11.5. The summed E-state index contributed by atoms with van der Waals surface area (Å²) >= 11 is 0. The van der Waals surface area contributed by atoms with Gasteiger partial charge < -0.3 is 10.1 Å². The van der Waals surface area contributed by atoms with E-state index in [-0.39, 0.29) is 17.4 Å². The van der Waals surface area contributed by atoms with E-state index in [4.69, 9.17) is 4.74 Å². The highest BCUT2D eigenvalue weighted by molar-refractivity contribution is 5.92. The number of pyridine rings is 1. The zero-order valence-electron chi connectivity index (χ0n) is 10.4. The van der Waals surface area contributed by atoms with Crippen LogP contribution in [-0.4, -0.2) is 23.8 Å². The summed E-state index contributed by atoms with van der Waals surface area (Å²) < 4.78 is 5.15. The van der Waals surface area contributed by atoms with E-state index in [0.29, 0.717) is 18.7 Å². The normalized spacial score (nSPS) is 11.4. The second-order valence-corrected chi connectivity index (χ2v) is 3.36. The Hall–Kier alpha value is -2.17. The molecule has 0 atom stereocenters. The van der Waals surface area contributed by atoms with E-state index >= 15 is 0 Å². The molecule has 0 saturated carbocycles. The van der Waals surface area contributed by atoms with Crippen molar-refractivity contribution in [2.24, 2.45) is 0 Å². The highest BCUT2D eigenvalue weighted by atomic mass is 16.5. The topological polar surface area (TPSA) is 68.3 Å². The fourth-order valence-electron chi connectivity index (χ4n) is 1.27. The number of carbonyl (C=O) groups is 1. The Kier molecular flexibility index (Phi) is 5.57. The van der Waals surface area contributed by atoms with Gasteiger partial charge in [0.05, 0.1) is 12.3 Å².